The number of hydrogen-bond donors (Lipinski definition) is 1. The number of fused-ring (bicyclic) bond motifs is 1. The first-order valence-electron chi connectivity index (χ1n) is 6.66. The van der Waals surface area contributed by atoms with Crippen LogP contribution in [0.1, 0.15) is 11.4 Å². The predicted molar refractivity (Wildman–Crippen MR) is 89.2 cm³/mol. The number of para-hydroxylation sites is 2. The first-order chi connectivity index (χ1) is 10.1. The molecule has 108 valence electrons. The number of aryl methyl sites for hydroxylation is 2. The Balaban J connectivity index is 1.87. The topological polar surface area (TPSA) is 29.9 Å². The molecule has 0 atom stereocenters. The molecule has 0 radical (unpaired) electrons. The maximum Gasteiger partial charge on any atom is 0.128 e. The molecule has 1 N–H and O–H groups in total. The van der Waals surface area contributed by atoms with E-state index in [1.807, 2.05) is 44.3 Å². The second kappa shape index (κ2) is 5.58. The SMILES string of the molecule is Cc1cc(Cl)c(NCc2nc3ccccc3n2C)cc1Cl. The molecule has 0 aliphatic heterocycles. The molecule has 21 heavy (non-hydrogen) atoms. The Hall–Kier alpha value is -1.71. The molecule has 0 fully saturated rings. The zero-order valence-corrected chi connectivity index (χ0v) is 13.3. The van der Waals surface area contributed by atoms with Crippen molar-refractivity contribution in [3.8, 4) is 0 Å². The Bertz CT molecular complexity index is 809. The van der Waals surface area contributed by atoms with Crippen molar-refractivity contribution in [2.24, 2.45) is 7.05 Å². The molecule has 1 aromatic heterocycles. The van der Waals surface area contributed by atoms with Crippen molar-refractivity contribution in [2.45, 2.75) is 13.5 Å². The molecule has 3 aromatic rings. The summed E-state index contributed by atoms with van der Waals surface area (Å²) < 4.78 is 2.08. The van der Waals surface area contributed by atoms with Crippen LogP contribution in [-0.2, 0) is 13.6 Å². The summed E-state index contributed by atoms with van der Waals surface area (Å²) in [4.78, 5) is 4.62. The van der Waals surface area contributed by atoms with Gasteiger partial charge in [-0.25, -0.2) is 4.98 Å². The molecule has 0 saturated carbocycles. The molecule has 0 unspecified atom stereocenters. The molecule has 0 aliphatic carbocycles. The fourth-order valence-electron chi connectivity index (χ4n) is 2.31. The lowest BCUT2D eigenvalue weighted by Gasteiger charge is -2.10. The summed E-state index contributed by atoms with van der Waals surface area (Å²) in [7, 11) is 2.01. The molecule has 1 heterocycles. The van der Waals surface area contributed by atoms with E-state index >= 15 is 0 Å². The Morgan fingerprint density at radius 2 is 1.90 bits per heavy atom. The lowest BCUT2D eigenvalue weighted by molar-refractivity contribution is 0.834. The van der Waals surface area contributed by atoms with Gasteiger partial charge in [-0.3, -0.25) is 0 Å². The molecule has 5 heteroatoms. The highest BCUT2D eigenvalue weighted by Crippen LogP contribution is 2.29. The highest BCUT2D eigenvalue weighted by atomic mass is 35.5. The summed E-state index contributed by atoms with van der Waals surface area (Å²) in [5, 5.41) is 4.66. The maximum absolute atomic E-state index is 6.24. The van der Waals surface area contributed by atoms with E-state index in [0.717, 1.165) is 28.1 Å². The van der Waals surface area contributed by atoms with E-state index in [4.69, 9.17) is 23.2 Å². The number of hydrogen-bond acceptors (Lipinski definition) is 2. The zero-order chi connectivity index (χ0) is 15.0. The number of aromatic nitrogens is 2. The minimum atomic E-state index is 0.588. The smallest absolute Gasteiger partial charge is 0.128 e. The van der Waals surface area contributed by atoms with Crippen LogP contribution < -0.4 is 5.32 Å². The monoisotopic (exact) mass is 319 g/mol. The van der Waals surface area contributed by atoms with Gasteiger partial charge in [0.2, 0.25) is 0 Å². The van der Waals surface area contributed by atoms with Crippen LogP contribution in [0, 0.1) is 6.92 Å². The number of halogens is 2. The van der Waals surface area contributed by atoms with Crippen LogP contribution in [0.5, 0.6) is 0 Å². The molecule has 3 nitrogen and oxygen atoms in total. The number of anilines is 1. The average molecular weight is 320 g/mol. The van der Waals surface area contributed by atoms with Gasteiger partial charge in [0.05, 0.1) is 28.3 Å². The Labute approximate surface area is 133 Å². The summed E-state index contributed by atoms with van der Waals surface area (Å²) in [5.41, 5.74) is 3.89. The number of rotatable bonds is 3. The predicted octanol–water partition coefficient (Wildman–Crippen LogP) is 4.80. The Morgan fingerprint density at radius 1 is 1.14 bits per heavy atom. The van der Waals surface area contributed by atoms with Crippen LogP contribution in [0.3, 0.4) is 0 Å². The van der Waals surface area contributed by atoms with Gasteiger partial charge in [-0.15, -0.1) is 0 Å². The number of nitrogens with one attached hydrogen (secondary N) is 1. The molecular formula is C16H15Cl2N3. The van der Waals surface area contributed by atoms with E-state index in [9.17, 15) is 0 Å². The molecule has 0 aliphatic rings. The summed E-state index contributed by atoms with van der Waals surface area (Å²) in [5.74, 6) is 0.948. The van der Waals surface area contributed by atoms with Gasteiger partial charge >= 0.3 is 0 Å². The standard InChI is InChI=1S/C16H15Cl2N3/c1-10-7-12(18)14(8-11(10)17)19-9-16-20-13-5-3-4-6-15(13)21(16)2/h3-8,19H,9H2,1-2H3. The van der Waals surface area contributed by atoms with Gasteiger partial charge in [-0.1, -0.05) is 35.3 Å². The molecule has 0 bridgehead atoms. The zero-order valence-electron chi connectivity index (χ0n) is 11.8. The van der Waals surface area contributed by atoms with Crippen molar-refractivity contribution >= 4 is 39.9 Å². The van der Waals surface area contributed by atoms with E-state index in [0.29, 0.717) is 16.6 Å². The first kappa shape index (κ1) is 14.2. The summed E-state index contributed by atoms with van der Waals surface area (Å²) in [6, 6.07) is 11.8. The second-order valence-electron chi connectivity index (χ2n) is 5.01. The Morgan fingerprint density at radius 3 is 2.67 bits per heavy atom. The molecule has 0 spiro atoms. The third-order valence-corrected chi connectivity index (χ3v) is 4.28. The summed E-state index contributed by atoms with van der Waals surface area (Å²) in [6.45, 7) is 2.52. The fourth-order valence-corrected chi connectivity index (χ4v) is 2.76. The minimum absolute atomic E-state index is 0.588. The van der Waals surface area contributed by atoms with E-state index in [-0.39, 0.29) is 0 Å². The van der Waals surface area contributed by atoms with Crippen molar-refractivity contribution < 1.29 is 0 Å². The van der Waals surface area contributed by atoms with E-state index < -0.39 is 0 Å². The number of benzene rings is 2. The van der Waals surface area contributed by atoms with Gasteiger partial charge in [0.15, 0.2) is 0 Å². The average Bonchev–Trinajstić information content (AvgIpc) is 2.79. The van der Waals surface area contributed by atoms with E-state index in [1.54, 1.807) is 0 Å². The van der Waals surface area contributed by atoms with Gasteiger partial charge in [0, 0.05) is 12.1 Å². The van der Waals surface area contributed by atoms with Crippen LogP contribution >= 0.6 is 23.2 Å². The first-order valence-corrected chi connectivity index (χ1v) is 7.41. The van der Waals surface area contributed by atoms with Gasteiger partial charge in [0.1, 0.15) is 5.82 Å². The minimum Gasteiger partial charge on any atom is -0.377 e. The fraction of sp³-hybridized carbons (Fsp3) is 0.188. The van der Waals surface area contributed by atoms with Crippen LogP contribution in [0.25, 0.3) is 11.0 Å². The third kappa shape index (κ3) is 2.71. The van der Waals surface area contributed by atoms with E-state index in [1.165, 1.54) is 0 Å². The van der Waals surface area contributed by atoms with Gasteiger partial charge in [-0.05, 0) is 36.8 Å². The lowest BCUT2D eigenvalue weighted by atomic mass is 10.2. The van der Waals surface area contributed by atoms with Crippen LogP contribution in [0.4, 0.5) is 5.69 Å². The maximum atomic E-state index is 6.24. The van der Waals surface area contributed by atoms with Crippen LogP contribution in [0.15, 0.2) is 36.4 Å². The largest absolute Gasteiger partial charge is 0.377 e. The summed E-state index contributed by atoms with van der Waals surface area (Å²) in [6.07, 6.45) is 0. The second-order valence-corrected chi connectivity index (χ2v) is 5.82. The summed E-state index contributed by atoms with van der Waals surface area (Å²) >= 11 is 12.4. The number of imidazole rings is 1. The third-order valence-electron chi connectivity index (χ3n) is 3.57. The van der Waals surface area contributed by atoms with Crippen LogP contribution in [0.2, 0.25) is 10.0 Å². The highest BCUT2D eigenvalue weighted by molar-refractivity contribution is 6.35. The van der Waals surface area contributed by atoms with Crippen molar-refractivity contribution in [3.05, 3.63) is 57.8 Å². The van der Waals surface area contributed by atoms with Crippen molar-refractivity contribution in [2.75, 3.05) is 5.32 Å². The van der Waals surface area contributed by atoms with Gasteiger partial charge < -0.3 is 9.88 Å². The van der Waals surface area contributed by atoms with Crippen LogP contribution in [-0.4, -0.2) is 9.55 Å². The normalized spacial score (nSPS) is 11.0. The molecule has 2 aromatic carbocycles. The Kier molecular flexibility index (Phi) is 3.79. The van der Waals surface area contributed by atoms with Crippen molar-refractivity contribution in [1.29, 1.82) is 0 Å². The molecule has 3 rings (SSSR count). The lowest BCUT2D eigenvalue weighted by Crippen LogP contribution is -2.06. The van der Waals surface area contributed by atoms with Crippen molar-refractivity contribution in [1.82, 2.24) is 9.55 Å². The molecule has 0 saturated heterocycles. The highest BCUT2D eigenvalue weighted by Gasteiger charge is 2.09. The van der Waals surface area contributed by atoms with E-state index in [2.05, 4.69) is 20.9 Å². The molecular weight excluding hydrogens is 305 g/mol. The number of nitrogens with zero attached hydrogens (tertiary/aromatic N) is 2. The van der Waals surface area contributed by atoms with Gasteiger partial charge in [-0.2, -0.15) is 0 Å². The molecule has 0 amide bonds. The van der Waals surface area contributed by atoms with Gasteiger partial charge in [0.25, 0.3) is 0 Å². The van der Waals surface area contributed by atoms with Crippen molar-refractivity contribution in [3.63, 3.8) is 0 Å². The quantitative estimate of drug-likeness (QED) is 0.751.